The predicted octanol–water partition coefficient (Wildman–Crippen LogP) is 3.09. The molecular formula is C14H26O4. The second-order valence-electron chi connectivity index (χ2n) is 4.92. The number of rotatable bonds is 9. The molecule has 1 unspecified atom stereocenters. The van der Waals surface area contributed by atoms with Crippen molar-refractivity contribution in [1.82, 2.24) is 0 Å². The summed E-state index contributed by atoms with van der Waals surface area (Å²) in [6, 6.07) is 0. The van der Waals surface area contributed by atoms with Gasteiger partial charge in [0.05, 0.1) is 0 Å². The first-order valence-corrected chi connectivity index (χ1v) is 6.84. The lowest BCUT2D eigenvalue weighted by atomic mass is 10.1. The van der Waals surface area contributed by atoms with E-state index in [2.05, 4.69) is 13.8 Å². The van der Waals surface area contributed by atoms with Gasteiger partial charge in [-0.15, -0.1) is 0 Å². The molecule has 1 atom stereocenters. The highest BCUT2D eigenvalue weighted by Crippen LogP contribution is 2.11. The third kappa shape index (κ3) is 9.02. The minimum absolute atomic E-state index is 0.173. The van der Waals surface area contributed by atoms with Crippen molar-refractivity contribution in [2.75, 3.05) is 6.61 Å². The molecule has 18 heavy (non-hydrogen) atoms. The summed E-state index contributed by atoms with van der Waals surface area (Å²) in [5, 5.41) is 0. The zero-order valence-corrected chi connectivity index (χ0v) is 12.0. The van der Waals surface area contributed by atoms with Crippen molar-refractivity contribution in [1.29, 1.82) is 0 Å². The van der Waals surface area contributed by atoms with E-state index < -0.39 is 0 Å². The van der Waals surface area contributed by atoms with Gasteiger partial charge in [-0.2, -0.15) is 0 Å². The number of carbonyl (C=O) groups excluding carboxylic acids is 2. The zero-order chi connectivity index (χ0) is 14.0. The molecule has 0 spiro atoms. The van der Waals surface area contributed by atoms with Crippen molar-refractivity contribution in [2.24, 2.45) is 5.92 Å². The topological polar surface area (TPSA) is 52.6 Å². The fourth-order valence-corrected chi connectivity index (χ4v) is 1.59. The van der Waals surface area contributed by atoms with E-state index in [1.54, 1.807) is 0 Å². The van der Waals surface area contributed by atoms with Gasteiger partial charge in [0.25, 0.3) is 0 Å². The van der Waals surface area contributed by atoms with Crippen LogP contribution in [-0.4, -0.2) is 24.6 Å². The molecule has 0 saturated carbocycles. The molecule has 0 saturated heterocycles. The van der Waals surface area contributed by atoms with E-state index in [-0.39, 0.29) is 24.6 Å². The summed E-state index contributed by atoms with van der Waals surface area (Å²) in [5.41, 5.74) is 0. The highest BCUT2D eigenvalue weighted by atomic mass is 16.6. The molecular weight excluding hydrogens is 232 g/mol. The molecule has 0 bridgehead atoms. The van der Waals surface area contributed by atoms with Crippen molar-refractivity contribution < 1.29 is 19.1 Å². The molecule has 0 amide bonds. The van der Waals surface area contributed by atoms with Crippen LogP contribution in [0.3, 0.4) is 0 Å². The molecule has 0 fully saturated rings. The van der Waals surface area contributed by atoms with Gasteiger partial charge in [-0.3, -0.25) is 9.59 Å². The Balaban J connectivity index is 4.13. The lowest BCUT2D eigenvalue weighted by Gasteiger charge is -2.19. The minimum Gasteiger partial charge on any atom is -0.462 e. The Morgan fingerprint density at radius 1 is 1.00 bits per heavy atom. The molecule has 0 N–H and O–H groups in total. The van der Waals surface area contributed by atoms with Crippen LogP contribution in [0.2, 0.25) is 0 Å². The molecule has 4 nitrogen and oxygen atoms in total. The lowest BCUT2D eigenvalue weighted by molar-refractivity contribution is -0.160. The summed E-state index contributed by atoms with van der Waals surface area (Å²) >= 11 is 0. The molecule has 0 rings (SSSR count). The molecule has 0 aliphatic carbocycles. The summed E-state index contributed by atoms with van der Waals surface area (Å²) in [4.78, 5) is 22.7. The molecule has 0 aromatic rings. The zero-order valence-electron chi connectivity index (χ0n) is 12.0. The van der Waals surface area contributed by atoms with E-state index in [0.29, 0.717) is 18.8 Å². The van der Waals surface area contributed by atoms with E-state index in [4.69, 9.17) is 9.47 Å². The Bertz CT molecular complexity index is 248. The van der Waals surface area contributed by atoms with Gasteiger partial charge in [0.2, 0.25) is 0 Å². The highest BCUT2D eigenvalue weighted by molar-refractivity contribution is 5.70. The summed E-state index contributed by atoms with van der Waals surface area (Å²) in [6.07, 6.45) is 2.76. The first-order chi connectivity index (χ1) is 8.49. The average molecular weight is 258 g/mol. The smallest absolute Gasteiger partial charge is 0.306 e. The third-order valence-electron chi connectivity index (χ3n) is 2.37. The van der Waals surface area contributed by atoms with Crippen molar-refractivity contribution in [3.63, 3.8) is 0 Å². The standard InChI is InChI=1S/C14H26O4/c1-5-7-13(15)17-10-12(9-11(3)4)18-14(16)8-6-2/h11-12H,5-10H2,1-4H3. The van der Waals surface area contributed by atoms with Gasteiger partial charge in [0.1, 0.15) is 12.7 Å². The fourth-order valence-electron chi connectivity index (χ4n) is 1.59. The maximum Gasteiger partial charge on any atom is 0.306 e. The van der Waals surface area contributed by atoms with Gasteiger partial charge >= 0.3 is 11.9 Å². The minimum atomic E-state index is -0.315. The van der Waals surface area contributed by atoms with Crippen molar-refractivity contribution in [3.05, 3.63) is 0 Å². The van der Waals surface area contributed by atoms with Crippen molar-refractivity contribution in [3.8, 4) is 0 Å². The van der Waals surface area contributed by atoms with Crippen LogP contribution in [-0.2, 0) is 19.1 Å². The van der Waals surface area contributed by atoms with Crippen LogP contribution in [0.4, 0.5) is 0 Å². The van der Waals surface area contributed by atoms with Gasteiger partial charge in [-0.1, -0.05) is 27.7 Å². The maximum absolute atomic E-state index is 11.4. The largest absolute Gasteiger partial charge is 0.462 e. The van der Waals surface area contributed by atoms with Gasteiger partial charge in [0, 0.05) is 12.8 Å². The quantitative estimate of drug-likeness (QED) is 0.596. The highest BCUT2D eigenvalue weighted by Gasteiger charge is 2.17. The Morgan fingerprint density at radius 2 is 1.56 bits per heavy atom. The van der Waals surface area contributed by atoms with E-state index >= 15 is 0 Å². The van der Waals surface area contributed by atoms with E-state index in [0.717, 1.165) is 19.3 Å². The van der Waals surface area contributed by atoms with Crippen LogP contribution >= 0.6 is 0 Å². The number of ether oxygens (including phenoxy) is 2. The second-order valence-corrected chi connectivity index (χ2v) is 4.92. The van der Waals surface area contributed by atoms with Crippen LogP contribution in [0.1, 0.15) is 59.8 Å². The summed E-state index contributed by atoms with van der Waals surface area (Å²) in [5.74, 6) is -0.0400. The maximum atomic E-state index is 11.4. The molecule has 0 heterocycles. The predicted molar refractivity (Wildman–Crippen MR) is 70.1 cm³/mol. The van der Waals surface area contributed by atoms with Crippen LogP contribution in [0.25, 0.3) is 0 Å². The monoisotopic (exact) mass is 258 g/mol. The van der Waals surface area contributed by atoms with Gasteiger partial charge in [-0.25, -0.2) is 0 Å². The molecule has 0 aromatic heterocycles. The third-order valence-corrected chi connectivity index (χ3v) is 2.37. The number of hydrogen-bond acceptors (Lipinski definition) is 4. The van der Waals surface area contributed by atoms with Crippen LogP contribution < -0.4 is 0 Å². The Hall–Kier alpha value is -1.06. The fraction of sp³-hybridized carbons (Fsp3) is 0.857. The van der Waals surface area contributed by atoms with E-state index in [1.165, 1.54) is 0 Å². The van der Waals surface area contributed by atoms with Crippen LogP contribution in [0, 0.1) is 5.92 Å². The lowest BCUT2D eigenvalue weighted by Crippen LogP contribution is -2.26. The normalized spacial score (nSPS) is 12.3. The molecule has 4 heteroatoms. The van der Waals surface area contributed by atoms with Gasteiger partial charge in [0.15, 0.2) is 0 Å². The van der Waals surface area contributed by atoms with Crippen molar-refractivity contribution in [2.45, 2.75) is 65.9 Å². The number of carbonyl (C=O) groups is 2. The van der Waals surface area contributed by atoms with E-state index in [1.807, 2.05) is 13.8 Å². The van der Waals surface area contributed by atoms with Crippen LogP contribution in [0.5, 0.6) is 0 Å². The second kappa shape index (κ2) is 9.92. The number of hydrogen-bond donors (Lipinski definition) is 0. The molecule has 106 valence electrons. The summed E-state index contributed by atoms with van der Waals surface area (Å²) in [7, 11) is 0. The number of esters is 2. The van der Waals surface area contributed by atoms with Gasteiger partial charge < -0.3 is 9.47 Å². The van der Waals surface area contributed by atoms with Crippen LogP contribution in [0.15, 0.2) is 0 Å². The first kappa shape index (κ1) is 16.9. The van der Waals surface area contributed by atoms with Gasteiger partial charge in [-0.05, 0) is 25.2 Å². The van der Waals surface area contributed by atoms with Crippen molar-refractivity contribution >= 4 is 11.9 Å². The molecule has 0 aromatic carbocycles. The van der Waals surface area contributed by atoms with E-state index in [9.17, 15) is 9.59 Å². The average Bonchev–Trinajstić information content (AvgIpc) is 2.26. The Morgan fingerprint density at radius 3 is 2.06 bits per heavy atom. The SMILES string of the molecule is CCCC(=O)OCC(CC(C)C)OC(=O)CCC. The molecule has 0 aliphatic heterocycles. The molecule has 0 radical (unpaired) electrons. The first-order valence-electron chi connectivity index (χ1n) is 6.84. The Labute approximate surface area is 110 Å². The summed E-state index contributed by atoms with van der Waals surface area (Å²) in [6.45, 7) is 8.13. The molecule has 0 aliphatic rings. The summed E-state index contributed by atoms with van der Waals surface area (Å²) < 4.78 is 10.4. The Kier molecular flexibility index (Phi) is 9.33.